The molecule has 2 saturated heterocycles. The van der Waals surface area contributed by atoms with Crippen molar-refractivity contribution in [2.75, 3.05) is 42.7 Å². The average Bonchev–Trinajstić information content (AvgIpc) is 2.91. The number of carbonyl (C=O) groups excluding carboxylic acids is 1. The van der Waals surface area contributed by atoms with Crippen molar-refractivity contribution in [2.24, 2.45) is 5.92 Å². The molecule has 26 heavy (non-hydrogen) atoms. The lowest BCUT2D eigenvalue weighted by Gasteiger charge is -2.30. The molecule has 0 spiro atoms. The molecular formula is C19H29N3O3S. The van der Waals surface area contributed by atoms with E-state index in [4.69, 9.17) is 0 Å². The van der Waals surface area contributed by atoms with Crippen molar-refractivity contribution in [1.82, 2.24) is 4.31 Å². The maximum atomic E-state index is 12.7. The van der Waals surface area contributed by atoms with Gasteiger partial charge in [-0.3, -0.25) is 4.79 Å². The Labute approximate surface area is 156 Å². The van der Waals surface area contributed by atoms with Gasteiger partial charge in [-0.1, -0.05) is 25.0 Å². The largest absolute Gasteiger partial charge is 0.370 e. The van der Waals surface area contributed by atoms with Gasteiger partial charge in [0.25, 0.3) is 0 Å². The van der Waals surface area contributed by atoms with Gasteiger partial charge in [-0.25, -0.2) is 12.7 Å². The minimum absolute atomic E-state index is 0.000392. The molecule has 6 nitrogen and oxygen atoms in total. The van der Waals surface area contributed by atoms with Crippen molar-refractivity contribution >= 4 is 27.3 Å². The predicted molar refractivity (Wildman–Crippen MR) is 105 cm³/mol. The number of anilines is 2. The summed E-state index contributed by atoms with van der Waals surface area (Å²) in [6, 6.07) is 8.00. The molecule has 2 aliphatic rings. The monoisotopic (exact) mass is 379 g/mol. The van der Waals surface area contributed by atoms with Crippen molar-refractivity contribution < 1.29 is 13.2 Å². The van der Waals surface area contributed by atoms with Crippen LogP contribution < -0.4 is 10.2 Å². The van der Waals surface area contributed by atoms with Crippen LogP contribution in [0.4, 0.5) is 11.4 Å². The van der Waals surface area contributed by atoms with Gasteiger partial charge in [-0.2, -0.15) is 0 Å². The highest BCUT2D eigenvalue weighted by molar-refractivity contribution is 7.88. The minimum atomic E-state index is -3.16. The lowest BCUT2D eigenvalue weighted by Crippen LogP contribution is -2.41. The molecule has 1 aromatic rings. The summed E-state index contributed by atoms with van der Waals surface area (Å²) in [4.78, 5) is 15.1. The SMILES string of the molecule is CS(=O)(=O)N1CCC(C(=O)Nc2ccccc2N2CCCCCC2)CC1. The van der Waals surface area contributed by atoms with E-state index in [-0.39, 0.29) is 11.8 Å². The maximum absolute atomic E-state index is 12.7. The van der Waals surface area contributed by atoms with Crippen LogP contribution in [0.2, 0.25) is 0 Å². The molecule has 0 radical (unpaired) electrons. The van der Waals surface area contributed by atoms with Crippen molar-refractivity contribution in [1.29, 1.82) is 0 Å². The van der Waals surface area contributed by atoms with E-state index in [1.54, 1.807) is 0 Å². The average molecular weight is 380 g/mol. The molecule has 1 aromatic carbocycles. The molecule has 2 fully saturated rings. The first-order valence-corrected chi connectivity index (χ1v) is 11.4. The number of para-hydroxylation sites is 2. The third kappa shape index (κ3) is 4.76. The molecule has 0 unspecified atom stereocenters. The van der Waals surface area contributed by atoms with E-state index in [9.17, 15) is 13.2 Å². The van der Waals surface area contributed by atoms with E-state index in [0.717, 1.165) is 24.5 Å². The van der Waals surface area contributed by atoms with Gasteiger partial charge in [0.05, 0.1) is 17.6 Å². The molecular weight excluding hydrogens is 350 g/mol. The smallest absolute Gasteiger partial charge is 0.227 e. The van der Waals surface area contributed by atoms with Crippen LogP contribution in [0.1, 0.15) is 38.5 Å². The Morgan fingerprint density at radius 1 is 1.00 bits per heavy atom. The fourth-order valence-corrected chi connectivity index (χ4v) is 4.73. The summed E-state index contributed by atoms with van der Waals surface area (Å²) in [6.45, 7) is 2.90. The molecule has 1 N–H and O–H groups in total. The van der Waals surface area contributed by atoms with Gasteiger partial charge in [0.15, 0.2) is 0 Å². The summed E-state index contributed by atoms with van der Waals surface area (Å²) < 4.78 is 24.7. The zero-order valence-corrected chi connectivity index (χ0v) is 16.3. The number of hydrogen-bond donors (Lipinski definition) is 1. The Morgan fingerprint density at radius 2 is 1.62 bits per heavy atom. The fraction of sp³-hybridized carbons (Fsp3) is 0.632. The van der Waals surface area contributed by atoms with E-state index >= 15 is 0 Å². The molecule has 1 amide bonds. The number of carbonyl (C=O) groups is 1. The normalized spacial score (nSPS) is 20.6. The standard InChI is InChI=1S/C19H29N3O3S/c1-26(24,25)22-14-10-16(11-15-22)19(23)20-17-8-4-5-9-18(17)21-12-6-2-3-7-13-21/h4-5,8-9,16H,2-3,6-7,10-15H2,1H3,(H,20,23). The minimum Gasteiger partial charge on any atom is -0.370 e. The number of piperidine rings is 1. The molecule has 0 saturated carbocycles. The number of amides is 1. The topological polar surface area (TPSA) is 69.7 Å². The van der Waals surface area contributed by atoms with E-state index < -0.39 is 10.0 Å². The Balaban J connectivity index is 1.65. The quantitative estimate of drug-likeness (QED) is 0.873. The summed E-state index contributed by atoms with van der Waals surface area (Å²) >= 11 is 0. The summed E-state index contributed by atoms with van der Waals surface area (Å²) in [5, 5.41) is 3.10. The second-order valence-electron chi connectivity index (χ2n) is 7.34. The number of nitrogens with one attached hydrogen (secondary N) is 1. The molecule has 2 aliphatic heterocycles. The molecule has 0 aliphatic carbocycles. The second-order valence-corrected chi connectivity index (χ2v) is 9.33. The third-order valence-corrected chi connectivity index (χ3v) is 6.71. The highest BCUT2D eigenvalue weighted by atomic mass is 32.2. The van der Waals surface area contributed by atoms with Gasteiger partial charge in [0.1, 0.15) is 0 Å². The number of sulfonamides is 1. The molecule has 2 heterocycles. The highest BCUT2D eigenvalue weighted by Crippen LogP contribution is 2.29. The predicted octanol–water partition coefficient (Wildman–Crippen LogP) is 2.68. The van der Waals surface area contributed by atoms with Crippen LogP contribution in [0, 0.1) is 5.92 Å². The van der Waals surface area contributed by atoms with Gasteiger partial charge < -0.3 is 10.2 Å². The number of rotatable bonds is 4. The molecule has 0 bridgehead atoms. The molecule has 144 valence electrons. The first kappa shape index (κ1) is 19.2. The molecule has 0 aromatic heterocycles. The Kier molecular flexibility index (Phi) is 6.19. The first-order valence-electron chi connectivity index (χ1n) is 9.55. The van der Waals surface area contributed by atoms with Crippen LogP contribution in [-0.4, -0.2) is 51.1 Å². The van der Waals surface area contributed by atoms with Crippen molar-refractivity contribution in [2.45, 2.75) is 38.5 Å². The highest BCUT2D eigenvalue weighted by Gasteiger charge is 2.29. The molecule has 0 atom stereocenters. The Hall–Kier alpha value is -1.60. The Bertz CT molecular complexity index is 719. The number of hydrogen-bond acceptors (Lipinski definition) is 4. The van der Waals surface area contributed by atoms with Crippen molar-refractivity contribution in [3.63, 3.8) is 0 Å². The van der Waals surface area contributed by atoms with Crippen LogP contribution >= 0.6 is 0 Å². The van der Waals surface area contributed by atoms with Gasteiger partial charge >= 0.3 is 0 Å². The number of benzene rings is 1. The van der Waals surface area contributed by atoms with Gasteiger partial charge in [-0.15, -0.1) is 0 Å². The third-order valence-electron chi connectivity index (χ3n) is 5.40. The van der Waals surface area contributed by atoms with Gasteiger partial charge in [0, 0.05) is 32.1 Å². The summed E-state index contributed by atoms with van der Waals surface area (Å²) in [5.41, 5.74) is 1.96. The fourth-order valence-electron chi connectivity index (χ4n) is 3.85. The lowest BCUT2D eigenvalue weighted by atomic mass is 9.97. The van der Waals surface area contributed by atoms with Crippen LogP contribution in [-0.2, 0) is 14.8 Å². The van der Waals surface area contributed by atoms with Gasteiger partial charge in [-0.05, 0) is 37.8 Å². The number of nitrogens with zero attached hydrogens (tertiary/aromatic N) is 2. The summed E-state index contributed by atoms with van der Waals surface area (Å²) in [6.07, 6.45) is 7.28. The zero-order valence-electron chi connectivity index (χ0n) is 15.5. The van der Waals surface area contributed by atoms with E-state index in [1.807, 2.05) is 18.2 Å². The maximum Gasteiger partial charge on any atom is 0.227 e. The van der Waals surface area contributed by atoms with E-state index in [1.165, 1.54) is 36.2 Å². The summed E-state index contributed by atoms with van der Waals surface area (Å²) in [5.74, 6) is -0.134. The Morgan fingerprint density at radius 3 is 2.23 bits per heavy atom. The van der Waals surface area contributed by atoms with Crippen molar-refractivity contribution in [3.8, 4) is 0 Å². The first-order chi connectivity index (χ1) is 12.4. The van der Waals surface area contributed by atoms with Crippen LogP contribution in [0.3, 0.4) is 0 Å². The van der Waals surface area contributed by atoms with Crippen LogP contribution in [0.5, 0.6) is 0 Å². The summed E-state index contributed by atoms with van der Waals surface area (Å²) in [7, 11) is -3.16. The molecule has 3 rings (SSSR count). The second kappa shape index (κ2) is 8.39. The van der Waals surface area contributed by atoms with Crippen LogP contribution in [0.25, 0.3) is 0 Å². The van der Waals surface area contributed by atoms with Gasteiger partial charge in [0.2, 0.25) is 15.9 Å². The molecule has 7 heteroatoms. The van der Waals surface area contributed by atoms with Crippen LogP contribution in [0.15, 0.2) is 24.3 Å². The van der Waals surface area contributed by atoms with E-state index in [0.29, 0.717) is 25.9 Å². The lowest BCUT2D eigenvalue weighted by molar-refractivity contribution is -0.120. The zero-order chi connectivity index (χ0) is 18.6. The van der Waals surface area contributed by atoms with Crippen molar-refractivity contribution in [3.05, 3.63) is 24.3 Å². The van der Waals surface area contributed by atoms with E-state index in [2.05, 4.69) is 16.3 Å².